The highest BCUT2D eigenvalue weighted by molar-refractivity contribution is 5.81. The zero-order valence-corrected chi connectivity index (χ0v) is 9.15. The van der Waals surface area contributed by atoms with E-state index in [-0.39, 0.29) is 0 Å². The second-order valence-corrected chi connectivity index (χ2v) is 4.61. The molecule has 2 fully saturated rings. The molecule has 2 rings (SSSR count). The first-order valence-corrected chi connectivity index (χ1v) is 5.95. The summed E-state index contributed by atoms with van der Waals surface area (Å²) in [6.45, 7) is 1.49. The molecule has 1 atom stereocenters. The average Bonchev–Trinajstić information content (AvgIpc) is 3.09. The number of likely N-dealkylation sites (tertiary alicyclic amines) is 1. The van der Waals surface area contributed by atoms with Crippen LogP contribution in [-0.2, 0) is 9.63 Å². The van der Waals surface area contributed by atoms with Crippen LogP contribution < -0.4 is 5.90 Å². The van der Waals surface area contributed by atoms with Gasteiger partial charge in [0.25, 0.3) is 0 Å². The van der Waals surface area contributed by atoms with Crippen LogP contribution in [0.2, 0.25) is 0 Å². The Balaban J connectivity index is 1.89. The van der Waals surface area contributed by atoms with E-state index in [1.807, 2.05) is 0 Å². The lowest BCUT2D eigenvalue weighted by Crippen LogP contribution is -2.45. The summed E-state index contributed by atoms with van der Waals surface area (Å²) < 4.78 is 0. The maximum absolute atomic E-state index is 12.0. The topological polar surface area (TPSA) is 55.6 Å². The van der Waals surface area contributed by atoms with E-state index in [4.69, 9.17) is 5.90 Å². The summed E-state index contributed by atoms with van der Waals surface area (Å²) in [5.41, 5.74) is 0. The van der Waals surface area contributed by atoms with Gasteiger partial charge in [-0.3, -0.25) is 4.79 Å². The molecule has 15 heavy (non-hydrogen) atoms. The molecule has 4 nitrogen and oxygen atoms in total. The van der Waals surface area contributed by atoms with E-state index in [0.29, 0.717) is 24.5 Å². The van der Waals surface area contributed by atoms with Crippen molar-refractivity contribution < 1.29 is 9.63 Å². The highest BCUT2D eigenvalue weighted by Crippen LogP contribution is 2.33. The molecule has 1 aliphatic heterocycles. The van der Waals surface area contributed by atoms with Gasteiger partial charge in [-0.25, -0.2) is 5.90 Å². The van der Waals surface area contributed by atoms with Gasteiger partial charge in [-0.2, -0.15) is 0 Å². The predicted molar refractivity (Wildman–Crippen MR) is 56.8 cm³/mol. The molecule has 86 valence electrons. The summed E-state index contributed by atoms with van der Waals surface area (Å²) in [4.78, 5) is 18.7. The summed E-state index contributed by atoms with van der Waals surface area (Å²) in [6.07, 6.45) is 6.56. The predicted octanol–water partition coefficient (Wildman–Crippen LogP) is 1.06. The SMILES string of the molecule is NOCCC1CCCCN1C(=O)C1CC1. The van der Waals surface area contributed by atoms with Gasteiger partial charge >= 0.3 is 0 Å². The van der Waals surface area contributed by atoms with Crippen molar-refractivity contribution in [2.75, 3.05) is 13.2 Å². The van der Waals surface area contributed by atoms with E-state index < -0.39 is 0 Å². The fourth-order valence-electron chi connectivity index (χ4n) is 2.36. The molecule has 1 saturated heterocycles. The lowest BCUT2D eigenvalue weighted by molar-refractivity contribution is -0.136. The fourth-order valence-corrected chi connectivity index (χ4v) is 2.36. The molecule has 1 aliphatic carbocycles. The van der Waals surface area contributed by atoms with Crippen LogP contribution in [-0.4, -0.2) is 30.0 Å². The minimum absolute atomic E-state index is 0.337. The number of rotatable bonds is 4. The van der Waals surface area contributed by atoms with Crippen LogP contribution in [0.5, 0.6) is 0 Å². The van der Waals surface area contributed by atoms with E-state index in [1.165, 1.54) is 6.42 Å². The van der Waals surface area contributed by atoms with Gasteiger partial charge in [0.15, 0.2) is 0 Å². The first-order valence-electron chi connectivity index (χ1n) is 5.95. The molecule has 0 aromatic heterocycles. The molecular formula is C11H20N2O2. The Morgan fingerprint density at radius 1 is 1.33 bits per heavy atom. The Kier molecular flexibility index (Phi) is 3.59. The van der Waals surface area contributed by atoms with Crippen molar-refractivity contribution in [3.8, 4) is 0 Å². The molecule has 2 N–H and O–H groups in total. The van der Waals surface area contributed by atoms with Gasteiger partial charge in [0.1, 0.15) is 0 Å². The van der Waals surface area contributed by atoms with E-state index in [1.54, 1.807) is 0 Å². The Bertz CT molecular complexity index is 229. The van der Waals surface area contributed by atoms with Crippen LogP contribution in [0.4, 0.5) is 0 Å². The monoisotopic (exact) mass is 212 g/mol. The number of hydrogen-bond donors (Lipinski definition) is 1. The third-order valence-electron chi connectivity index (χ3n) is 3.41. The summed E-state index contributed by atoms with van der Waals surface area (Å²) in [7, 11) is 0. The molecule has 0 aromatic rings. The highest BCUT2D eigenvalue weighted by atomic mass is 16.6. The molecule has 2 aliphatic rings. The molecule has 0 spiro atoms. The zero-order chi connectivity index (χ0) is 10.7. The van der Waals surface area contributed by atoms with E-state index >= 15 is 0 Å². The van der Waals surface area contributed by atoms with Crippen molar-refractivity contribution >= 4 is 5.91 Å². The van der Waals surface area contributed by atoms with Crippen LogP contribution >= 0.6 is 0 Å². The molecule has 1 unspecified atom stereocenters. The van der Waals surface area contributed by atoms with Crippen molar-refractivity contribution in [2.45, 2.75) is 44.6 Å². The largest absolute Gasteiger partial charge is 0.339 e. The minimum Gasteiger partial charge on any atom is -0.339 e. The van der Waals surface area contributed by atoms with Gasteiger partial charge in [0.2, 0.25) is 5.91 Å². The molecule has 0 bridgehead atoms. The second-order valence-electron chi connectivity index (χ2n) is 4.61. The van der Waals surface area contributed by atoms with Gasteiger partial charge in [-0.15, -0.1) is 0 Å². The molecule has 1 amide bonds. The number of piperidine rings is 1. The maximum Gasteiger partial charge on any atom is 0.225 e. The molecule has 4 heteroatoms. The van der Waals surface area contributed by atoms with Gasteiger partial charge in [0.05, 0.1) is 6.61 Å². The minimum atomic E-state index is 0.337. The number of nitrogens with two attached hydrogens (primary N) is 1. The summed E-state index contributed by atoms with van der Waals surface area (Å²) in [5, 5.41) is 0. The lowest BCUT2D eigenvalue weighted by atomic mass is 9.99. The fraction of sp³-hybridized carbons (Fsp3) is 0.909. The van der Waals surface area contributed by atoms with E-state index in [0.717, 1.165) is 38.6 Å². The van der Waals surface area contributed by atoms with Crippen molar-refractivity contribution in [3.05, 3.63) is 0 Å². The van der Waals surface area contributed by atoms with Crippen molar-refractivity contribution in [1.29, 1.82) is 0 Å². The number of amides is 1. The quantitative estimate of drug-likeness (QED) is 0.709. The van der Waals surface area contributed by atoms with Gasteiger partial charge in [-0.05, 0) is 38.5 Å². The van der Waals surface area contributed by atoms with E-state index in [9.17, 15) is 4.79 Å². The Morgan fingerprint density at radius 2 is 2.13 bits per heavy atom. The molecule has 1 heterocycles. The van der Waals surface area contributed by atoms with Crippen LogP contribution in [0.25, 0.3) is 0 Å². The highest BCUT2D eigenvalue weighted by Gasteiger charge is 2.36. The lowest BCUT2D eigenvalue weighted by Gasteiger charge is -2.36. The van der Waals surface area contributed by atoms with Gasteiger partial charge in [-0.1, -0.05) is 0 Å². The van der Waals surface area contributed by atoms with Crippen molar-refractivity contribution in [1.82, 2.24) is 4.90 Å². The Hall–Kier alpha value is -0.610. The van der Waals surface area contributed by atoms with Crippen molar-refractivity contribution in [2.24, 2.45) is 11.8 Å². The summed E-state index contributed by atoms with van der Waals surface area (Å²) in [5.74, 6) is 5.75. The number of carbonyl (C=O) groups is 1. The molecular weight excluding hydrogens is 192 g/mol. The molecule has 0 radical (unpaired) electrons. The van der Waals surface area contributed by atoms with Crippen molar-refractivity contribution in [3.63, 3.8) is 0 Å². The second kappa shape index (κ2) is 4.94. The standard InChI is InChI=1S/C11H20N2O2/c12-15-8-6-10-3-1-2-7-13(10)11(14)9-4-5-9/h9-10H,1-8,12H2. The summed E-state index contributed by atoms with van der Waals surface area (Å²) >= 11 is 0. The Morgan fingerprint density at radius 3 is 2.80 bits per heavy atom. The van der Waals surface area contributed by atoms with E-state index in [2.05, 4.69) is 9.74 Å². The van der Waals surface area contributed by atoms with Crippen LogP contribution in [0.3, 0.4) is 0 Å². The summed E-state index contributed by atoms with van der Waals surface area (Å²) in [6, 6.07) is 0.371. The third kappa shape index (κ3) is 2.69. The van der Waals surface area contributed by atoms with Crippen LogP contribution in [0.15, 0.2) is 0 Å². The van der Waals surface area contributed by atoms with Gasteiger partial charge in [0, 0.05) is 18.5 Å². The smallest absolute Gasteiger partial charge is 0.225 e. The number of nitrogens with zero attached hydrogens (tertiary/aromatic N) is 1. The van der Waals surface area contributed by atoms with Gasteiger partial charge < -0.3 is 9.74 Å². The number of hydrogen-bond acceptors (Lipinski definition) is 3. The molecule has 1 saturated carbocycles. The third-order valence-corrected chi connectivity index (χ3v) is 3.41. The molecule has 0 aromatic carbocycles. The maximum atomic E-state index is 12.0. The van der Waals surface area contributed by atoms with Crippen LogP contribution in [0.1, 0.15) is 38.5 Å². The van der Waals surface area contributed by atoms with Crippen LogP contribution in [0, 0.1) is 5.92 Å². The average molecular weight is 212 g/mol. The normalized spacial score (nSPS) is 26.7. The zero-order valence-electron chi connectivity index (χ0n) is 9.15. The number of carbonyl (C=O) groups excluding carboxylic acids is 1. The Labute approximate surface area is 90.7 Å². The first kappa shape index (κ1) is 10.9. The first-order chi connectivity index (χ1) is 7.33.